The number of nitrogens with two attached hydrogens (primary N) is 1. The number of rotatable bonds is 15. The fourth-order valence-electron chi connectivity index (χ4n) is 3.59. The maximum atomic E-state index is 5.99. The van der Waals surface area contributed by atoms with Gasteiger partial charge in [-0.1, -0.05) is 24.3 Å². The summed E-state index contributed by atoms with van der Waals surface area (Å²) in [5.41, 5.74) is 9.80. The largest absolute Gasteiger partial charge is 0.383 e. The molecule has 3 rings (SSSR count). The highest BCUT2D eigenvalue weighted by atomic mass is 79.9. The average molecular weight is 675 g/mol. The maximum Gasteiger partial charge on any atom is 0.193 e. The molecule has 0 unspecified atom stereocenters. The Morgan fingerprint density at radius 1 is 0.692 bits per heavy atom. The van der Waals surface area contributed by atoms with Crippen LogP contribution in [0.3, 0.4) is 0 Å². The molecule has 0 saturated heterocycles. The predicted molar refractivity (Wildman–Crippen MR) is 172 cm³/mol. The summed E-state index contributed by atoms with van der Waals surface area (Å²) in [6, 6.07) is 15.9. The van der Waals surface area contributed by atoms with E-state index in [1.807, 2.05) is 48.5 Å². The van der Waals surface area contributed by atoms with Gasteiger partial charge >= 0.3 is 0 Å². The van der Waals surface area contributed by atoms with Crippen LogP contribution >= 0.6 is 62.3 Å². The number of hydrogen-bond donors (Lipinski definition) is 1. The van der Waals surface area contributed by atoms with E-state index in [2.05, 4.69) is 45.9 Å². The van der Waals surface area contributed by atoms with Crippen LogP contribution in [0.15, 0.2) is 69.5 Å². The van der Waals surface area contributed by atoms with Crippen LogP contribution in [0.25, 0.3) is 0 Å². The molecule has 0 aliphatic heterocycles. The van der Waals surface area contributed by atoms with E-state index in [0.29, 0.717) is 60.0 Å². The van der Waals surface area contributed by atoms with Crippen molar-refractivity contribution in [2.24, 2.45) is 10.2 Å². The summed E-state index contributed by atoms with van der Waals surface area (Å²) in [7, 11) is 0. The topological polar surface area (TPSA) is 86.2 Å². The summed E-state index contributed by atoms with van der Waals surface area (Å²) in [6.07, 6.45) is 4.75. The Balaban J connectivity index is 1.84. The molecule has 0 radical (unpaired) electrons. The molecule has 208 valence electrons. The van der Waals surface area contributed by atoms with Crippen LogP contribution in [0.1, 0.15) is 11.1 Å². The number of hydrazone groups is 2. The summed E-state index contributed by atoms with van der Waals surface area (Å²) in [6.45, 7) is 2.86. The van der Waals surface area contributed by atoms with Gasteiger partial charge in [0.15, 0.2) is 5.82 Å². The van der Waals surface area contributed by atoms with Gasteiger partial charge in [-0.25, -0.2) is 9.97 Å². The van der Waals surface area contributed by atoms with Crippen molar-refractivity contribution < 1.29 is 0 Å². The molecule has 1 heterocycles. The van der Waals surface area contributed by atoms with Crippen LogP contribution in [0.4, 0.5) is 23.0 Å². The minimum Gasteiger partial charge on any atom is -0.383 e. The molecule has 0 bridgehead atoms. The zero-order valence-electron chi connectivity index (χ0n) is 21.1. The Morgan fingerprint density at radius 3 is 1.49 bits per heavy atom. The molecule has 1 aromatic heterocycles. The lowest BCUT2D eigenvalue weighted by Gasteiger charge is -2.22. The molecular weight excluding hydrogens is 646 g/mol. The first-order chi connectivity index (χ1) is 19.0. The van der Waals surface area contributed by atoms with Crippen molar-refractivity contribution >= 4 is 97.8 Å². The number of halogens is 5. The molecule has 0 aliphatic carbocycles. The lowest BCUT2D eigenvalue weighted by Crippen LogP contribution is -2.27. The van der Waals surface area contributed by atoms with Crippen molar-refractivity contribution in [3.8, 4) is 0 Å². The minimum atomic E-state index is 0.279. The first-order valence-corrected chi connectivity index (χ1v) is 15.0. The second-order valence-corrected chi connectivity index (χ2v) is 10.4. The van der Waals surface area contributed by atoms with Gasteiger partial charge < -0.3 is 15.5 Å². The number of aromatic nitrogens is 2. The maximum absolute atomic E-state index is 5.99. The third-order valence-corrected chi connectivity index (χ3v) is 6.99. The zero-order valence-corrected chi connectivity index (χ0v) is 25.7. The van der Waals surface area contributed by atoms with Gasteiger partial charge in [-0.15, -0.1) is 51.5 Å². The Bertz CT molecular complexity index is 1130. The van der Waals surface area contributed by atoms with Crippen LogP contribution in [-0.2, 0) is 0 Å². The lowest BCUT2D eigenvalue weighted by atomic mass is 10.2. The van der Waals surface area contributed by atoms with Gasteiger partial charge in [0.25, 0.3) is 0 Å². The molecule has 3 aromatic rings. The van der Waals surface area contributed by atoms with Crippen molar-refractivity contribution in [2.75, 3.05) is 70.4 Å². The Hall–Kier alpha value is -2.30. The Labute approximate surface area is 257 Å². The van der Waals surface area contributed by atoms with Gasteiger partial charge in [0.05, 0.1) is 12.4 Å². The number of alkyl halides is 4. The first kappa shape index (κ1) is 31.2. The van der Waals surface area contributed by atoms with Crippen LogP contribution in [0, 0.1) is 0 Å². The fraction of sp³-hybridized carbons (Fsp3) is 0.308. The van der Waals surface area contributed by atoms with Crippen molar-refractivity contribution in [3.05, 3.63) is 70.5 Å². The SMILES string of the molecule is Nc1ncnc(N(/N=C/c2ccc(N(CCCl)CCCl)cc2)/N=C/c2ccc(N(CCCl)CCCl)cc2)c1Br. The van der Waals surface area contributed by atoms with Crippen LogP contribution in [0.2, 0.25) is 0 Å². The number of nitrogens with zero attached hydrogens (tertiary/aromatic N) is 7. The van der Waals surface area contributed by atoms with Gasteiger partial charge in [-0.2, -0.15) is 10.2 Å². The van der Waals surface area contributed by atoms with Crippen LogP contribution < -0.4 is 20.7 Å². The number of benzene rings is 2. The van der Waals surface area contributed by atoms with E-state index in [-0.39, 0.29) is 5.82 Å². The summed E-state index contributed by atoms with van der Waals surface area (Å²) in [5, 5.41) is 10.5. The van der Waals surface area contributed by atoms with Gasteiger partial charge in [-0.3, -0.25) is 0 Å². The molecule has 0 atom stereocenters. The van der Waals surface area contributed by atoms with E-state index >= 15 is 0 Å². The summed E-state index contributed by atoms with van der Waals surface area (Å²) in [4.78, 5) is 12.6. The van der Waals surface area contributed by atoms with E-state index in [1.54, 1.807) is 12.4 Å². The first-order valence-electron chi connectivity index (χ1n) is 12.1. The minimum absolute atomic E-state index is 0.279. The predicted octanol–water partition coefficient (Wildman–Crippen LogP) is 6.26. The highest BCUT2D eigenvalue weighted by Crippen LogP contribution is 2.28. The van der Waals surface area contributed by atoms with Crippen molar-refractivity contribution in [2.45, 2.75) is 0 Å². The quantitative estimate of drug-likeness (QED) is 0.116. The van der Waals surface area contributed by atoms with E-state index < -0.39 is 0 Å². The third-order valence-electron chi connectivity index (χ3n) is 5.55. The number of anilines is 4. The summed E-state index contributed by atoms with van der Waals surface area (Å²) in [5.74, 6) is 2.76. The average Bonchev–Trinajstić information content (AvgIpc) is 2.95. The lowest BCUT2D eigenvalue weighted by molar-refractivity contribution is 0.874. The summed E-state index contributed by atoms with van der Waals surface area (Å²) < 4.78 is 0.487. The van der Waals surface area contributed by atoms with Crippen LogP contribution in [-0.4, -0.2) is 72.1 Å². The van der Waals surface area contributed by atoms with E-state index in [9.17, 15) is 0 Å². The second-order valence-electron chi connectivity index (χ2n) is 8.09. The van der Waals surface area contributed by atoms with Crippen molar-refractivity contribution in [3.63, 3.8) is 0 Å². The van der Waals surface area contributed by atoms with Gasteiger partial charge in [0.2, 0.25) is 0 Å². The standard InChI is InChI=1S/C26H29BrCl4N8/c27-24-25(32)33-19-34-26(24)39(35-17-20-1-5-22(6-2-20)37(13-9-28)14-10-29)36-18-21-3-7-23(8-4-21)38(15-11-30)16-12-31/h1-8,17-19H,9-16H2,(H2,32,33,34)/b35-17+,36-18+. The number of hydrogen-bond acceptors (Lipinski definition) is 8. The summed E-state index contributed by atoms with van der Waals surface area (Å²) >= 11 is 27.2. The van der Waals surface area contributed by atoms with Crippen molar-refractivity contribution in [1.29, 1.82) is 0 Å². The molecular formula is C26H29BrCl4N8. The molecule has 39 heavy (non-hydrogen) atoms. The molecule has 0 fully saturated rings. The molecule has 2 aromatic carbocycles. The molecule has 0 amide bonds. The van der Waals surface area contributed by atoms with Gasteiger partial charge in [-0.05, 0) is 51.3 Å². The van der Waals surface area contributed by atoms with E-state index in [0.717, 1.165) is 22.5 Å². The van der Waals surface area contributed by atoms with Crippen LogP contribution in [0.5, 0.6) is 0 Å². The zero-order chi connectivity index (χ0) is 28.0. The molecule has 0 aliphatic rings. The third kappa shape index (κ3) is 9.39. The molecule has 13 heteroatoms. The highest BCUT2D eigenvalue weighted by Gasteiger charge is 2.13. The smallest absolute Gasteiger partial charge is 0.193 e. The van der Waals surface area contributed by atoms with E-state index in [4.69, 9.17) is 52.1 Å². The van der Waals surface area contributed by atoms with E-state index in [1.165, 1.54) is 11.4 Å². The monoisotopic (exact) mass is 672 g/mol. The molecule has 0 spiro atoms. The van der Waals surface area contributed by atoms with Crippen molar-refractivity contribution in [1.82, 2.24) is 9.97 Å². The number of nitrogen functional groups attached to an aromatic ring is 1. The highest BCUT2D eigenvalue weighted by molar-refractivity contribution is 9.10. The molecule has 0 saturated carbocycles. The van der Waals surface area contributed by atoms with Gasteiger partial charge in [0, 0.05) is 61.1 Å². The van der Waals surface area contributed by atoms with Gasteiger partial charge in [0.1, 0.15) is 16.6 Å². The Morgan fingerprint density at radius 2 is 1.10 bits per heavy atom. The molecule has 8 nitrogen and oxygen atoms in total. The Kier molecular flexibility index (Phi) is 13.4. The second kappa shape index (κ2) is 16.7. The molecule has 2 N–H and O–H groups in total. The normalized spacial score (nSPS) is 11.4. The fourth-order valence-corrected chi connectivity index (χ4v) is 4.76.